The number of hydrogen-bond donors (Lipinski definition) is 2. The fourth-order valence-corrected chi connectivity index (χ4v) is 2.23. The van der Waals surface area contributed by atoms with E-state index in [0.717, 1.165) is 24.1 Å². The predicted molar refractivity (Wildman–Crippen MR) is 66.9 cm³/mol. The molecule has 1 aliphatic carbocycles. The second-order valence-electron chi connectivity index (χ2n) is 3.79. The molecule has 0 unspecified atom stereocenters. The maximum absolute atomic E-state index is 6.16. The summed E-state index contributed by atoms with van der Waals surface area (Å²) in [7, 11) is 0. The third kappa shape index (κ3) is 1.88. The second kappa shape index (κ2) is 4.14. The minimum atomic E-state index is -0.0373. The van der Waals surface area contributed by atoms with Crippen LogP contribution in [0.25, 0.3) is 0 Å². The van der Waals surface area contributed by atoms with Crippen molar-refractivity contribution < 1.29 is 0 Å². The smallest absolute Gasteiger partial charge is 0.211 e. The van der Waals surface area contributed by atoms with Crippen LogP contribution in [0.5, 0.6) is 0 Å². The van der Waals surface area contributed by atoms with Crippen LogP contribution < -0.4 is 11.5 Å². The summed E-state index contributed by atoms with van der Waals surface area (Å²) in [5, 5.41) is 8.42. The van der Waals surface area contributed by atoms with Crippen molar-refractivity contribution >= 4 is 23.3 Å². The molecular formula is C11H13ClN4. The van der Waals surface area contributed by atoms with Crippen LogP contribution in [0.15, 0.2) is 22.3 Å². The molecule has 2 rings (SSSR count). The lowest BCUT2D eigenvalue weighted by atomic mass is 10.0. The van der Waals surface area contributed by atoms with Crippen LogP contribution >= 0.6 is 11.6 Å². The lowest BCUT2D eigenvalue weighted by molar-refractivity contribution is 1.06. The van der Waals surface area contributed by atoms with Gasteiger partial charge in [-0.2, -0.15) is 5.10 Å². The zero-order valence-electron chi connectivity index (χ0n) is 9.00. The minimum absolute atomic E-state index is 0.0373. The Morgan fingerprint density at radius 1 is 1.31 bits per heavy atom. The maximum Gasteiger partial charge on any atom is 0.211 e. The normalized spacial score (nSPS) is 16.2. The highest BCUT2D eigenvalue weighted by atomic mass is 35.5. The van der Waals surface area contributed by atoms with E-state index in [0.29, 0.717) is 5.02 Å². The van der Waals surface area contributed by atoms with Crippen LogP contribution in [0.4, 0.5) is 0 Å². The zero-order valence-corrected chi connectivity index (χ0v) is 9.75. The van der Waals surface area contributed by atoms with Crippen molar-refractivity contribution in [3.8, 4) is 0 Å². The number of hydrogen-bond acceptors (Lipinski definition) is 2. The second-order valence-corrected chi connectivity index (χ2v) is 4.20. The summed E-state index contributed by atoms with van der Waals surface area (Å²) in [6.45, 7) is 2.07. The molecule has 16 heavy (non-hydrogen) atoms. The van der Waals surface area contributed by atoms with Crippen molar-refractivity contribution in [3.05, 3.63) is 33.8 Å². The van der Waals surface area contributed by atoms with Crippen LogP contribution in [-0.4, -0.2) is 11.7 Å². The summed E-state index contributed by atoms with van der Waals surface area (Å²) in [5.41, 5.74) is 14.8. The number of aryl methyl sites for hydroxylation is 1. The van der Waals surface area contributed by atoms with Gasteiger partial charge >= 0.3 is 0 Å². The van der Waals surface area contributed by atoms with E-state index < -0.39 is 0 Å². The van der Waals surface area contributed by atoms with Gasteiger partial charge in [-0.15, -0.1) is 5.10 Å². The van der Waals surface area contributed by atoms with E-state index in [1.165, 1.54) is 11.1 Å². The first kappa shape index (κ1) is 11.0. The summed E-state index contributed by atoms with van der Waals surface area (Å²) in [6.07, 6.45) is 1.78. The topological polar surface area (TPSA) is 76.8 Å². The highest BCUT2D eigenvalue weighted by Crippen LogP contribution is 2.31. The lowest BCUT2D eigenvalue weighted by Gasteiger charge is -2.05. The number of halogens is 1. The third-order valence-corrected chi connectivity index (χ3v) is 3.00. The van der Waals surface area contributed by atoms with Gasteiger partial charge in [0, 0.05) is 10.6 Å². The van der Waals surface area contributed by atoms with Crippen molar-refractivity contribution in [2.75, 3.05) is 0 Å². The average Bonchev–Trinajstić information content (AvgIpc) is 2.65. The van der Waals surface area contributed by atoms with Gasteiger partial charge in [0.25, 0.3) is 0 Å². The molecule has 0 amide bonds. The molecule has 0 fully saturated rings. The summed E-state index contributed by atoms with van der Waals surface area (Å²) in [6, 6.07) is 3.90. The highest BCUT2D eigenvalue weighted by molar-refractivity contribution is 6.35. The minimum Gasteiger partial charge on any atom is -0.369 e. The Morgan fingerprint density at radius 3 is 2.75 bits per heavy atom. The molecule has 1 aliphatic rings. The van der Waals surface area contributed by atoms with Gasteiger partial charge in [0.05, 0.1) is 5.71 Å². The van der Waals surface area contributed by atoms with Gasteiger partial charge in [-0.05, 0) is 37.0 Å². The Kier molecular flexibility index (Phi) is 2.83. The van der Waals surface area contributed by atoms with E-state index in [2.05, 4.69) is 17.1 Å². The molecular weight excluding hydrogens is 224 g/mol. The Balaban J connectivity index is 2.51. The summed E-state index contributed by atoms with van der Waals surface area (Å²) < 4.78 is 0. The van der Waals surface area contributed by atoms with Gasteiger partial charge in [-0.25, -0.2) is 0 Å². The number of nitrogens with zero attached hydrogens (tertiary/aromatic N) is 2. The van der Waals surface area contributed by atoms with E-state index in [1.54, 1.807) is 0 Å². The molecule has 0 saturated heterocycles. The summed E-state index contributed by atoms with van der Waals surface area (Å²) in [4.78, 5) is 0. The van der Waals surface area contributed by atoms with Crippen LogP contribution in [0, 0.1) is 6.92 Å². The quantitative estimate of drug-likeness (QED) is 0.441. The first-order valence-electron chi connectivity index (χ1n) is 5.03. The van der Waals surface area contributed by atoms with E-state index in [4.69, 9.17) is 23.1 Å². The first-order chi connectivity index (χ1) is 7.59. The molecule has 0 bridgehead atoms. The highest BCUT2D eigenvalue weighted by Gasteiger charge is 2.22. The van der Waals surface area contributed by atoms with Crippen molar-refractivity contribution in [2.45, 2.75) is 19.8 Å². The number of benzene rings is 1. The Bertz CT molecular complexity index is 487. The molecule has 0 heterocycles. The van der Waals surface area contributed by atoms with Crippen molar-refractivity contribution in [1.82, 2.24) is 0 Å². The first-order valence-corrected chi connectivity index (χ1v) is 5.41. The van der Waals surface area contributed by atoms with Crippen molar-refractivity contribution in [1.29, 1.82) is 0 Å². The van der Waals surface area contributed by atoms with Gasteiger partial charge in [0.2, 0.25) is 5.96 Å². The molecule has 0 radical (unpaired) electrons. The number of fused-ring (bicyclic) bond motifs is 1. The van der Waals surface area contributed by atoms with Crippen molar-refractivity contribution in [2.24, 2.45) is 21.7 Å². The molecule has 5 heteroatoms. The molecule has 0 saturated carbocycles. The number of nitrogens with two attached hydrogens (primary N) is 2. The van der Waals surface area contributed by atoms with Gasteiger partial charge < -0.3 is 11.5 Å². The Hall–Kier alpha value is -1.55. The largest absolute Gasteiger partial charge is 0.369 e. The molecule has 0 spiro atoms. The molecule has 4 nitrogen and oxygen atoms in total. The number of guanidine groups is 1. The monoisotopic (exact) mass is 236 g/mol. The van der Waals surface area contributed by atoms with E-state index in [1.807, 2.05) is 12.1 Å². The third-order valence-electron chi connectivity index (χ3n) is 2.68. The summed E-state index contributed by atoms with van der Waals surface area (Å²) in [5.74, 6) is -0.0373. The van der Waals surface area contributed by atoms with E-state index in [9.17, 15) is 0 Å². The molecule has 1 aromatic carbocycles. The van der Waals surface area contributed by atoms with E-state index in [-0.39, 0.29) is 5.96 Å². The van der Waals surface area contributed by atoms with Crippen LogP contribution in [0.1, 0.15) is 23.1 Å². The maximum atomic E-state index is 6.16. The zero-order chi connectivity index (χ0) is 11.7. The Labute approximate surface area is 99.0 Å². The SMILES string of the molecule is Cc1ccc(Cl)c2c1CCC2=NN=C(N)N. The lowest BCUT2D eigenvalue weighted by Crippen LogP contribution is -2.22. The fraction of sp³-hybridized carbons (Fsp3) is 0.273. The number of rotatable bonds is 1. The van der Waals surface area contributed by atoms with Gasteiger partial charge in [-0.3, -0.25) is 0 Å². The molecule has 0 aromatic heterocycles. The van der Waals surface area contributed by atoms with Crippen LogP contribution in [0.2, 0.25) is 5.02 Å². The Morgan fingerprint density at radius 2 is 2.06 bits per heavy atom. The molecule has 84 valence electrons. The van der Waals surface area contributed by atoms with Gasteiger partial charge in [0.1, 0.15) is 0 Å². The summed E-state index contributed by atoms with van der Waals surface area (Å²) >= 11 is 6.16. The van der Waals surface area contributed by atoms with Crippen LogP contribution in [0.3, 0.4) is 0 Å². The fourth-order valence-electron chi connectivity index (χ4n) is 1.94. The molecule has 0 aliphatic heterocycles. The van der Waals surface area contributed by atoms with Gasteiger partial charge in [-0.1, -0.05) is 17.7 Å². The molecule has 1 aromatic rings. The molecule has 0 atom stereocenters. The van der Waals surface area contributed by atoms with Crippen LogP contribution in [-0.2, 0) is 6.42 Å². The van der Waals surface area contributed by atoms with Crippen molar-refractivity contribution in [3.63, 3.8) is 0 Å². The molecule has 4 N–H and O–H groups in total. The van der Waals surface area contributed by atoms with E-state index >= 15 is 0 Å². The van der Waals surface area contributed by atoms with Gasteiger partial charge in [0.15, 0.2) is 0 Å². The predicted octanol–water partition coefficient (Wildman–Crippen LogP) is 1.57. The standard InChI is InChI=1S/C11H13ClN4/c1-6-2-4-8(12)10-7(6)3-5-9(10)15-16-11(13)14/h2,4H,3,5H2,1H3,(H4,13,14,16). The average molecular weight is 237 g/mol.